The van der Waals surface area contributed by atoms with Gasteiger partial charge in [0.05, 0.1) is 12.0 Å². The second-order valence-electron chi connectivity index (χ2n) is 4.92. The van der Waals surface area contributed by atoms with E-state index < -0.39 is 11.8 Å². The third-order valence-corrected chi connectivity index (χ3v) is 4.02. The standard InChI is InChI=1S/C15H15BrN2O2/c1-10(9-17)14(19)13-6-3-7-18(15(13)20)12-5-2-4-11(16)8-12/h2,4-5,8,10,13H,3,6-7H2,1H3/t10-,13-/m1/s1. The quantitative estimate of drug-likeness (QED) is 0.798. The lowest BCUT2D eigenvalue weighted by Crippen LogP contribution is -2.45. The molecule has 1 heterocycles. The number of rotatable bonds is 3. The van der Waals surface area contributed by atoms with Crippen molar-refractivity contribution >= 4 is 33.3 Å². The van der Waals surface area contributed by atoms with E-state index in [1.807, 2.05) is 30.3 Å². The van der Waals surface area contributed by atoms with E-state index in [1.54, 1.807) is 11.8 Å². The van der Waals surface area contributed by atoms with Gasteiger partial charge in [-0.3, -0.25) is 9.59 Å². The molecule has 1 aromatic carbocycles. The number of piperidine rings is 1. The number of Topliss-reactive ketones (excluding diaryl/α,β-unsaturated/α-hetero) is 1. The largest absolute Gasteiger partial charge is 0.312 e. The molecule has 0 spiro atoms. The molecule has 0 N–H and O–H groups in total. The van der Waals surface area contributed by atoms with Crippen LogP contribution >= 0.6 is 15.9 Å². The van der Waals surface area contributed by atoms with Crippen molar-refractivity contribution in [3.8, 4) is 6.07 Å². The monoisotopic (exact) mass is 334 g/mol. The lowest BCUT2D eigenvalue weighted by molar-refractivity contribution is -0.135. The molecule has 20 heavy (non-hydrogen) atoms. The van der Waals surface area contributed by atoms with Gasteiger partial charge in [-0.25, -0.2) is 0 Å². The van der Waals surface area contributed by atoms with Gasteiger partial charge in [-0.1, -0.05) is 22.0 Å². The minimum atomic E-state index is -0.730. The highest BCUT2D eigenvalue weighted by Gasteiger charge is 2.36. The van der Waals surface area contributed by atoms with Gasteiger partial charge in [-0.2, -0.15) is 5.26 Å². The van der Waals surface area contributed by atoms with Crippen LogP contribution in [0.15, 0.2) is 28.7 Å². The minimum Gasteiger partial charge on any atom is -0.312 e. The summed E-state index contributed by atoms with van der Waals surface area (Å²) in [4.78, 5) is 26.2. The van der Waals surface area contributed by atoms with Gasteiger partial charge >= 0.3 is 0 Å². The normalized spacial score (nSPS) is 20.4. The fourth-order valence-corrected chi connectivity index (χ4v) is 2.79. The molecule has 1 aliphatic heterocycles. The van der Waals surface area contributed by atoms with Crippen LogP contribution in [0.4, 0.5) is 5.69 Å². The highest BCUT2D eigenvalue weighted by atomic mass is 79.9. The fourth-order valence-electron chi connectivity index (χ4n) is 2.41. The number of amides is 1. The maximum absolute atomic E-state index is 12.5. The summed E-state index contributed by atoms with van der Waals surface area (Å²) in [5.41, 5.74) is 0.784. The average molecular weight is 335 g/mol. The summed E-state index contributed by atoms with van der Waals surface area (Å²) in [6, 6.07) is 9.37. The van der Waals surface area contributed by atoms with Crippen LogP contribution in [-0.2, 0) is 9.59 Å². The Morgan fingerprint density at radius 2 is 2.30 bits per heavy atom. The lowest BCUT2D eigenvalue weighted by atomic mass is 9.87. The van der Waals surface area contributed by atoms with E-state index in [0.717, 1.165) is 16.6 Å². The van der Waals surface area contributed by atoms with Crippen LogP contribution in [0.5, 0.6) is 0 Å². The molecule has 0 saturated carbocycles. The SMILES string of the molecule is C[C@H](C#N)C(=O)[C@H]1CCCN(c2cccc(Br)c2)C1=O. The van der Waals surface area contributed by atoms with Gasteiger partial charge in [-0.05, 0) is 38.0 Å². The molecule has 5 heteroatoms. The van der Waals surface area contributed by atoms with Crippen LogP contribution in [0.25, 0.3) is 0 Å². The molecule has 0 unspecified atom stereocenters. The molecular weight excluding hydrogens is 320 g/mol. The Morgan fingerprint density at radius 3 is 2.95 bits per heavy atom. The number of anilines is 1. The summed E-state index contributed by atoms with van der Waals surface area (Å²) in [6.07, 6.45) is 1.31. The number of halogens is 1. The Labute approximate surface area is 126 Å². The molecule has 4 nitrogen and oxygen atoms in total. The summed E-state index contributed by atoms with van der Waals surface area (Å²) < 4.78 is 0.890. The molecule has 104 valence electrons. The first-order valence-electron chi connectivity index (χ1n) is 6.55. The molecule has 0 aromatic heterocycles. The maximum atomic E-state index is 12.5. The number of carbonyl (C=O) groups is 2. The average Bonchev–Trinajstić information content (AvgIpc) is 2.46. The summed E-state index contributed by atoms with van der Waals surface area (Å²) in [5.74, 6) is -1.87. The van der Waals surface area contributed by atoms with Crippen molar-refractivity contribution in [3.05, 3.63) is 28.7 Å². The number of nitriles is 1. The summed E-state index contributed by atoms with van der Waals surface area (Å²) in [5, 5.41) is 8.84. The minimum absolute atomic E-state index is 0.193. The number of ketones is 1. The maximum Gasteiger partial charge on any atom is 0.237 e. The molecule has 0 bridgehead atoms. The van der Waals surface area contributed by atoms with Gasteiger partial charge in [0.15, 0.2) is 5.78 Å². The van der Waals surface area contributed by atoms with Crippen LogP contribution < -0.4 is 4.90 Å². The van der Waals surface area contributed by atoms with E-state index >= 15 is 0 Å². The van der Waals surface area contributed by atoms with Crippen molar-refractivity contribution in [3.63, 3.8) is 0 Å². The summed E-state index contributed by atoms with van der Waals surface area (Å²) >= 11 is 3.38. The number of hydrogen-bond acceptors (Lipinski definition) is 3. The number of benzene rings is 1. The second kappa shape index (κ2) is 6.19. The Bertz CT molecular complexity index is 579. The van der Waals surface area contributed by atoms with Crippen molar-refractivity contribution in [2.45, 2.75) is 19.8 Å². The fraction of sp³-hybridized carbons (Fsp3) is 0.400. The molecule has 0 aliphatic carbocycles. The first-order chi connectivity index (χ1) is 9.54. The molecule has 1 aromatic rings. The van der Waals surface area contributed by atoms with E-state index in [1.165, 1.54) is 0 Å². The van der Waals surface area contributed by atoms with E-state index in [9.17, 15) is 9.59 Å². The Morgan fingerprint density at radius 1 is 1.55 bits per heavy atom. The zero-order valence-corrected chi connectivity index (χ0v) is 12.8. The molecule has 1 amide bonds. The van der Waals surface area contributed by atoms with Crippen LogP contribution in [0.3, 0.4) is 0 Å². The predicted molar refractivity (Wildman–Crippen MR) is 79.0 cm³/mol. The van der Waals surface area contributed by atoms with Crippen molar-refractivity contribution in [1.82, 2.24) is 0 Å². The van der Waals surface area contributed by atoms with Gasteiger partial charge in [0.1, 0.15) is 5.92 Å². The molecule has 1 aliphatic rings. The van der Waals surface area contributed by atoms with E-state index in [4.69, 9.17) is 5.26 Å². The number of carbonyl (C=O) groups excluding carboxylic acids is 2. The van der Waals surface area contributed by atoms with Crippen LogP contribution in [-0.4, -0.2) is 18.2 Å². The van der Waals surface area contributed by atoms with Crippen molar-refractivity contribution < 1.29 is 9.59 Å². The third-order valence-electron chi connectivity index (χ3n) is 3.52. The van der Waals surface area contributed by atoms with Crippen molar-refractivity contribution in [1.29, 1.82) is 5.26 Å². The summed E-state index contributed by atoms with van der Waals surface area (Å²) in [7, 11) is 0. The molecule has 2 atom stereocenters. The van der Waals surface area contributed by atoms with Gasteiger partial charge < -0.3 is 4.90 Å². The van der Waals surface area contributed by atoms with Crippen LogP contribution in [0.1, 0.15) is 19.8 Å². The first-order valence-corrected chi connectivity index (χ1v) is 7.34. The Kier molecular flexibility index (Phi) is 4.56. The van der Waals surface area contributed by atoms with Crippen LogP contribution in [0.2, 0.25) is 0 Å². The van der Waals surface area contributed by atoms with Crippen molar-refractivity contribution in [2.24, 2.45) is 11.8 Å². The molecule has 1 saturated heterocycles. The molecule has 0 radical (unpaired) electrons. The van der Waals surface area contributed by atoms with Gasteiger partial charge in [0, 0.05) is 16.7 Å². The zero-order chi connectivity index (χ0) is 14.7. The van der Waals surface area contributed by atoms with Gasteiger partial charge in [0.25, 0.3) is 0 Å². The van der Waals surface area contributed by atoms with Crippen molar-refractivity contribution in [2.75, 3.05) is 11.4 Å². The third kappa shape index (κ3) is 2.91. The Balaban J connectivity index is 2.23. The Hall–Kier alpha value is -1.67. The molecule has 1 fully saturated rings. The van der Waals surface area contributed by atoms with Gasteiger partial charge in [-0.15, -0.1) is 0 Å². The zero-order valence-electron chi connectivity index (χ0n) is 11.2. The molecular formula is C15H15BrN2O2. The molecule has 2 rings (SSSR count). The highest BCUT2D eigenvalue weighted by molar-refractivity contribution is 9.10. The first kappa shape index (κ1) is 14.7. The van der Waals surface area contributed by atoms with E-state index in [-0.39, 0.29) is 11.7 Å². The smallest absolute Gasteiger partial charge is 0.237 e. The topological polar surface area (TPSA) is 61.2 Å². The van der Waals surface area contributed by atoms with Crippen LogP contribution in [0, 0.1) is 23.2 Å². The van der Waals surface area contributed by atoms with Gasteiger partial charge in [0.2, 0.25) is 5.91 Å². The second-order valence-corrected chi connectivity index (χ2v) is 5.83. The summed E-state index contributed by atoms with van der Waals surface area (Å²) in [6.45, 7) is 2.16. The highest BCUT2D eigenvalue weighted by Crippen LogP contribution is 2.28. The predicted octanol–water partition coefficient (Wildman–Crippen LogP) is 2.92. The van der Waals surface area contributed by atoms with E-state index in [0.29, 0.717) is 13.0 Å². The lowest BCUT2D eigenvalue weighted by Gasteiger charge is -2.32. The number of hydrogen-bond donors (Lipinski definition) is 0. The number of nitrogens with zero attached hydrogens (tertiary/aromatic N) is 2. The van der Waals surface area contributed by atoms with E-state index in [2.05, 4.69) is 15.9 Å².